The summed E-state index contributed by atoms with van der Waals surface area (Å²) in [5.74, 6) is 0.191. The first-order valence-electron chi connectivity index (χ1n) is 6.64. The summed E-state index contributed by atoms with van der Waals surface area (Å²) in [7, 11) is -1.35. The van der Waals surface area contributed by atoms with Gasteiger partial charge in [0.1, 0.15) is 0 Å². The van der Waals surface area contributed by atoms with Crippen LogP contribution >= 0.6 is 0 Å². The SMILES string of the molecule is CCS(=O)(=O)N1CC(C)N(CCCOC)C(C)C1. The van der Waals surface area contributed by atoms with Crippen molar-refractivity contribution >= 4 is 10.0 Å². The maximum Gasteiger partial charge on any atom is 0.213 e. The Morgan fingerprint density at radius 1 is 1.22 bits per heavy atom. The normalized spacial score (nSPS) is 27.6. The molecule has 0 spiro atoms. The van der Waals surface area contributed by atoms with Crippen molar-refractivity contribution in [2.45, 2.75) is 39.3 Å². The summed E-state index contributed by atoms with van der Waals surface area (Å²) < 4.78 is 30.5. The summed E-state index contributed by atoms with van der Waals surface area (Å²) in [5.41, 5.74) is 0. The molecule has 0 radical (unpaired) electrons. The summed E-state index contributed by atoms with van der Waals surface area (Å²) >= 11 is 0. The lowest BCUT2D eigenvalue weighted by Crippen LogP contribution is -2.58. The van der Waals surface area contributed by atoms with Gasteiger partial charge in [-0.05, 0) is 27.2 Å². The zero-order valence-electron chi connectivity index (χ0n) is 11.9. The molecule has 0 N–H and O–H groups in total. The molecule has 5 nitrogen and oxygen atoms in total. The van der Waals surface area contributed by atoms with Crippen molar-refractivity contribution < 1.29 is 13.2 Å². The highest BCUT2D eigenvalue weighted by atomic mass is 32.2. The average molecular weight is 278 g/mol. The molecule has 0 aliphatic carbocycles. The first-order chi connectivity index (χ1) is 8.42. The van der Waals surface area contributed by atoms with E-state index in [4.69, 9.17) is 4.74 Å². The topological polar surface area (TPSA) is 49.9 Å². The minimum atomic E-state index is -3.05. The van der Waals surface area contributed by atoms with E-state index in [0.717, 1.165) is 19.6 Å². The molecule has 1 fully saturated rings. The molecular formula is C12H26N2O3S. The minimum Gasteiger partial charge on any atom is -0.385 e. The first kappa shape index (κ1) is 15.9. The van der Waals surface area contributed by atoms with Crippen molar-refractivity contribution in [3.8, 4) is 0 Å². The van der Waals surface area contributed by atoms with Gasteiger partial charge in [0, 0.05) is 45.4 Å². The van der Waals surface area contributed by atoms with Crippen LogP contribution < -0.4 is 0 Å². The van der Waals surface area contributed by atoms with Gasteiger partial charge in [0.15, 0.2) is 0 Å². The van der Waals surface area contributed by atoms with E-state index in [2.05, 4.69) is 18.7 Å². The Morgan fingerprint density at radius 2 is 1.78 bits per heavy atom. The number of methoxy groups -OCH3 is 1. The van der Waals surface area contributed by atoms with E-state index in [1.54, 1.807) is 18.3 Å². The second-order valence-electron chi connectivity index (χ2n) is 5.00. The number of nitrogens with zero attached hydrogens (tertiary/aromatic N) is 2. The zero-order chi connectivity index (χ0) is 13.8. The maximum absolute atomic E-state index is 11.9. The maximum atomic E-state index is 11.9. The van der Waals surface area contributed by atoms with Gasteiger partial charge in [0.25, 0.3) is 0 Å². The molecule has 1 saturated heterocycles. The molecule has 1 rings (SSSR count). The molecule has 0 aromatic heterocycles. The molecule has 0 aromatic rings. The van der Waals surface area contributed by atoms with Crippen LogP contribution in [0.1, 0.15) is 27.2 Å². The molecule has 2 atom stereocenters. The van der Waals surface area contributed by atoms with Gasteiger partial charge in [-0.15, -0.1) is 0 Å². The lowest BCUT2D eigenvalue weighted by atomic mass is 10.1. The van der Waals surface area contributed by atoms with Crippen molar-refractivity contribution in [3.05, 3.63) is 0 Å². The molecule has 0 aromatic carbocycles. The summed E-state index contributed by atoms with van der Waals surface area (Å²) in [6.45, 7) is 8.83. The molecule has 1 heterocycles. The average Bonchev–Trinajstić information content (AvgIpc) is 2.32. The molecule has 6 heteroatoms. The fraction of sp³-hybridized carbons (Fsp3) is 1.00. The Bertz CT molecular complexity index is 333. The van der Waals surface area contributed by atoms with Crippen LogP contribution in [0.4, 0.5) is 0 Å². The van der Waals surface area contributed by atoms with E-state index in [-0.39, 0.29) is 17.8 Å². The summed E-state index contributed by atoms with van der Waals surface area (Å²) in [6.07, 6.45) is 0.992. The van der Waals surface area contributed by atoms with E-state index in [9.17, 15) is 8.42 Å². The fourth-order valence-corrected chi connectivity index (χ4v) is 3.80. The molecule has 2 unspecified atom stereocenters. The van der Waals surface area contributed by atoms with Gasteiger partial charge in [-0.25, -0.2) is 8.42 Å². The smallest absolute Gasteiger partial charge is 0.213 e. The third kappa shape index (κ3) is 3.91. The zero-order valence-corrected chi connectivity index (χ0v) is 12.7. The van der Waals surface area contributed by atoms with E-state index in [1.165, 1.54) is 0 Å². The highest BCUT2D eigenvalue weighted by Crippen LogP contribution is 2.18. The predicted octanol–water partition coefficient (Wildman–Crippen LogP) is 0.767. The van der Waals surface area contributed by atoms with Crippen molar-refractivity contribution in [2.75, 3.05) is 39.1 Å². The van der Waals surface area contributed by atoms with Crippen LogP contribution in [0, 0.1) is 0 Å². The standard InChI is InChI=1S/C12H26N2O3S/c1-5-18(15,16)13-9-11(2)14(12(3)10-13)7-6-8-17-4/h11-12H,5-10H2,1-4H3. The molecule has 18 heavy (non-hydrogen) atoms. The molecule has 0 amide bonds. The Labute approximate surface area is 111 Å². The van der Waals surface area contributed by atoms with Crippen molar-refractivity contribution in [1.82, 2.24) is 9.21 Å². The lowest BCUT2D eigenvalue weighted by molar-refractivity contribution is 0.0666. The number of piperazine rings is 1. The number of sulfonamides is 1. The van der Waals surface area contributed by atoms with Gasteiger partial charge < -0.3 is 4.74 Å². The molecule has 108 valence electrons. The molecule has 0 saturated carbocycles. The predicted molar refractivity (Wildman–Crippen MR) is 73.2 cm³/mol. The summed E-state index contributed by atoms with van der Waals surface area (Å²) in [6, 6.07) is 0.541. The van der Waals surface area contributed by atoms with Gasteiger partial charge >= 0.3 is 0 Å². The second-order valence-corrected chi connectivity index (χ2v) is 7.26. The van der Waals surface area contributed by atoms with Gasteiger partial charge in [-0.1, -0.05) is 0 Å². The molecule has 0 bridgehead atoms. The van der Waals surface area contributed by atoms with Crippen molar-refractivity contribution in [2.24, 2.45) is 0 Å². The Morgan fingerprint density at radius 3 is 2.22 bits per heavy atom. The molecule has 1 aliphatic heterocycles. The third-order valence-electron chi connectivity index (χ3n) is 3.59. The highest BCUT2D eigenvalue weighted by Gasteiger charge is 2.33. The van der Waals surface area contributed by atoms with Crippen LogP contribution in [0.25, 0.3) is 0 Å². The van der Waals surface area contributed by atoms with E-state index in [1.807, 2.05) is 0 Å². The highest BCUT2D eigenvalue weighted by molar-refractivity contribution is 7.89. The third-order valence-corrected chi connectivity index (χ3v) is 5.41. The van der Waals surface area contributed by atoms with E-state index >= 15 is 0 Å². The van der Waals surface area contributed by atoms with Crippen LogP contribution in [0.3, 0.4) is 0 Å². The number of ether oxygens (including phenoxy) is 1. The minimum absolute atomic E-state index is 0.191. The first-order valence-corrected chi connectivity index (χ1v) is 8.25. The number of hydrogen-bond donors (Lipinski definition) is 0. The van der Waals surface area contributed by atoms with Gasteiger partial charge in [0.05, 0.1) is 5.75 Å². The van der Waals surface area contributed by atoms with Gasteiger partial charge in [-0.2, -0.15) is 4.31 Å². The van der Waals surface area contributed by atoms with Crippen molar-refractivity contribution in [1.29, 1.82) is 0 Å². The van der Waals surface area contributed by atoms with Crippen LogP contribution in [0.2, 0.25) is 0 Å². The lowest BCUT2D eigenvalue weighted by Gasteiger charge is -2.43. The van der Waals surface area contributed by atoms with E-state index < -0.39 is 10.0 Å². The van der Waals surface area contributed by atoms with E-state index in [0.29, 0.717) is 13.1 Å². The van der Waals surface area contributed by atoms with Crippen LogP contribution in [-0.2, 0) is 14.8 Å². The van der Waals surface area contributed by atoms with Gasteiger partial charge in [-0.3, -0.25) is 4.90 Å². The van der Waals surface area contributed by atoms with Gasteiger partial charge in [0.2, 0.25) is 10.0 Å². The van der Waals surface area contributed by atoms with Crippen LogP contribution in [-0.4, -0.2) is 68.8 Å². The van der Waals surface area contributed by atoms with Crippen LogP contribution in [0.15, 0.2) is 0 Å². The Balaban J connectivity index is 2.60. The summed E-state index contributed by atoms with van der Waals surface area (Å²) in [4.78, 5) is 2.38. The largest absolute Gasteiger partial charge is 0.385 e. The number of hydrogen-bond acceptors (Lipinski definition) is 4. The number of rotatable bonds is 6. The fourth-order valence-electron chi connectivity index (χ4n) is 2.55. The Kier molecular flexibility index (Phi) is 6.04. The molecular weight excluding hydrogens is 252 g/mol. The quantitative estimate of drug-likeness (QED) is 0.673. The second kappa shape index (κ2) is 6.84. The van der Waals surface area contributed by atoms with Crippen molar-refractivity contribution in [3.63, 3.8) is 0 Å². The monoisotopic (exact) mass is 278 g/mol. The Hall–Kier alpha value is -0.170. The van der Waals surface area contributed by atoms with Crippen LogP contribution in [0.5, 0.6) is 0 Å². The molecule has 1 aliphatic rings. The summed E-state index contributed by atoms with van der Waals surface area (Å²) in [5, 5.41) is 0.